The van der Waals surface area contributed by atoms with E-state index in [2.05, 4.69) is 22.1 Å². The molecule has 9 nitrogen and oxygen atoms in total. The zero-order valence-corrected chi connectivity index (χ0v) is 23.1. The molecule has 40 heavy (non-hydrogen) atoms. The molecule has 0 spiro atoms. The van der Waals surface area contributed by atoms with Gasteiger partial charge in [-0.3, -0.25) is 4.79 Å². The fourth-order valence-electron chi connectivity index (χ4n) is 4.33. The van der Waals surface area contributed by atoms with Gasteiger partial charge in [-0.1, -0.05) is 43.0 Å². The smallest absolute Gasteiger partial charge is 0.321 e. The van der Waals surface area contributed by atoms with E-state index in [-0.39, 0.29) is 42.5 Å². The van der Waals surface area contributed by atoms with Gasteiger partial charge in [-0.15, -0.1) is 0 Å². The van der Waals surface area contributed by atoms with Gasteiger partial charge in [0.05, 0.1) is 26.3 Å². The lowest BCUT2D eigenvalue weighted by molar-refractivity contribution is 0.0356. The van der Waals surface area contributed by atoms with E-state index in [0.717, 1.165) is 5.56 Å². The largest absolute Gasteiger partial charge is 0.497 e. The number of aliphatic hydroxyl groups excluding tert-OH is 1. The molecule has 2 heterocycles. The second kappa shape index (κ2) is 13.0. The van der Waals surface area contributed by atoms with Crippen molar-refractivity contribution < 1.29 is 24.2 Å². The number of amides is 3. The Morgan fingerprint density at radius 2 is 1.95 bits per heavy atom. The first-order chi connectivity index (χ1) is 19.3. The summed E-state index contributed by atoms with van der Waals surface area (Å²) >= 11 is 0. The van der Waals surface area contributed by atoms with Crippen molar-refractivity contribution in [1.82, 2.24) is 14.8 Å². The fraction of sp³-hybridized carbons (Fsp3) is 0.323. The van der Waals surface area contributed by atoms with Crippen molar-refractivity contribution in [3.05, 3.63) is 83.6 Å². The molecular formula is C31H34N4O5. The number of fused-ring (bicyclic) bond motifs is 1. The van der Waals surface area contributed by atoms with Crippen LogP contribution in [0.25, 0.3) is 0 Å². The number of hydrogen-bond donors (Lipinski definition) is 2. The fourth-order valence-corrected chi connectivity index (χ4v) is 4.33. The molecule has 2 N–H and O–H groups in total. The molecule has 1 aliphatic heterocycles. The number of pyridine rings is 1. The van der Waals surface area contributed by atoms with Crippen LogP contribution >= 0.6 is 0 Å². The highest BCUT2D eigenvalue weighted by atomic mass is 16.5. The minimum atomic E-state index is -0.477. The number of urea groups is 1. The van der Waals surface area contributed by atoms with Gasteiger partial charge in [0, 0.05) is 48.6 Å². The molecule has 0 saturated heterocycles. The number of nitrogens with one attached hydrogen (secondary N) is 1. The third-order valence-electron chi connectivity index (χ3n) is 6.77. The molecule has 1 aliphatic rings. The molecule has 9 heteroatoms. The summed E-state index contributed by atoms with van der Waals surface area (Å²) < 4.78 is 11.5. The molecule has 0 fully saturated rings. The third kappa shape index (κ3) is 6.90. The number of aliphatic hydroxyl groups is 1. The van der Waals surface area contributed by atoms with Gasteiger partial charge < -0.3 is 29.7 Å². The first-order valence-corrected chi connectivity index (χ1v) is 13.1. The van der Waals surface area contributed by atoms with Crippen molar-refractivity contribution in [2.45, 2.75) is 26.0 Å². The Hall–Kier alpha value is -4.55. The number of ether oxygens (including phenoxy) is 2. The van der Waals surface area contributed by atoms with Crippen molar-refractivity contribution in [1.29, 1.82) is 0 Å². The highest BCUT2D eigenvalue weighted by molar-refractivity contribution is 5.97. The van der Waals surface area contributed by atoms with Crippen molar-refractivity contribution in [2.75, 3.05) is 39.2 Å². The average Bonchev–Trinajstić information content (AvgIpc) is 2.98. The summed E-state index contributed by atoms with van der Waals surface area (Å²) in [6, 6.07) is 17.6. The first-order valence-electron chi connectivity index (χ1n) is 13.1. The molecule has 0 saturated carbocycles. The molecule has 4 rings (SSSR count). The number of carbonyl (C=O) groups is 2. The number of nitrogens with zero attached hydrogens (tertiary/aromatic N) is 3. The molecule has 208 valence electrons. The number of carbonyl (C=O) groups excluding carboxylic acids is 2. The first kappa shape index (κ1) is 28.5. The van der Waals surface area contributed by atoms with E-state index in [4.69, 9.17) is 9.47 Å². The van der Waals surface area contributed by atoms with E-state index in [1.807, 2.05) is 37.3 Å². The lowest BCUT2D eigenvalue weighted by atomic mass is 10.00. The van der Waals surface area contributed by atoms with Gasteiger partial charge in [0.15, 0.2) is 0 Å². The van der Waals surface area contributed by atoms with Crippen LogP contribution in [0.1, 0.15) is 35.3 Å². The summed E-state index contributed by atoms with van der Waals surface area (Å²) in [5.41, 5.74) is 2.28. The van der Waals surface area contributed by atoms with E-state index in [1.165, 1.54) is 4.90 Å². The molecular weight excluding hydrogens is 508 g/mol. The van der Waals surface area contributed by atoms with Crippen LogP contribution in [0.15, 0.2) is 66.9 Å². The molecule has 3 aromatic rings. The van der Waals surface area contributed by atoms with Gasteiger partial charge in [-0.25, -0.2) is 9.78 Å². The summed E-state index contributed by atoms with van der Waals surface area (Å²) in [5.74, 6) is 6.49. The van der Waals surface area contributed by atoms with Gasteiger partial charge in [0.25, 0.3) is 5.91 Å². The number of methoxy groups -OCH3 is 1. The quantitative estimate of drug-likeness (QED) is 0.459. The van der Waals surface area contributed by atoms with Crippen molar-refractivity contribution in [3.8, 4) is 23.5 Å². The Kier molecular flexibility index (Phi) is 9.25. The van der Waals surface area contributed by atoms with Crippen LogP contribution < -0.4 is 14.8 Å². The third-order valence-corrected chi connectivity index (χ3v) is 6.77. The van der Waals surface area contributed by atoms with Crippen molar-refractivity contribution in [2.24, 2.45) is 5.92 Å². The maximum Gasteiger partial charge on any atom is 0.321 e. The van der Waals surface area contributed by atoms with E-state index in [0.29, 0.717) is 23.5 Å². The van der Waals surface area contributed by atoms with Gasteiger partial charge in [-0.2, -0.15) is 0 Å². The summed E-state index contributed by atoms with van der Waals surface area (Å²) in [5, 5.41) is 12.8. The van der Waals surface area contributed by atoms with E-state index >= 15 is 0 Å². The lowest BCUT2D eigenvalue weighted by Gasteiger charge is -2.37. The molecule has 2 aromatic carbocycles. The lowest BCUT2D eigenvalue weighted by Crippen LogP contribution is -2.50. The Morgan fingerprint density at radius 3 is 2.67 bits per heavy atom. The normalized spacial score (nSPS) is 17.2. The van der Waals surface area contributed by atoms with Crippen LogP contribution in [0.5, 0.6) is 11.6 Å². The van der Waals surface area contributed by atoms with Crippen LogP contribution in [0.2, 0.25) is 0 Å². The van der Waals surface area contributed by atoms with E-state index < -0.39 is 12.1 Å². The Bertz CT molecular complexity index is 1400. The van der Waals surface area contributed by atoms with Crippen molar-refractivity contribution >= 4 is 17.6 Å². The summed E-state index contributed by atoms with van der Waals surface area (Å²) in [6.07, 6.45) is 1.10. The number of anilines is 1. The van der Waals surface area contributed by atoms with Gasteiger partial charge in [0.1, 0.15) is 17.4 Å². The zero-order chi connectivity index (χ0) is 28.6. The second-order valence-electron chi connectivity index (χ2n) is 9.86. The minimum Gasteiger partial charge on any atom is -0.497 e. The van der Waals surface area contributed by atoms with Crippen LogP contribution in [0.4, 0.5) is 10.5 Å². The number of benzene rings is 2. The van der Waals surface area contributed by atoms with Crippen molar-refractivity contribution in [3.63, 3.8) is 0 Å². The van der Waals surface area contributed by atoms with Crippen LogP contribution in [0, 0.1) is 17.8 Å². The Balaban J connectivity index is 1.59. The molecule has 0 radical (unpaired) electrons. The van der Waals surface area contributed by atoms with Gasteiger partial charge in [-0.05, 0) is 37.3 Å². The molecule has 3 atom stereocenters. The SMILES string of the molecule is COc1cccc(NC(=O)N(C)C[C@H]2Oc3ncc(C#Cc4ccccc4)cc3C(=O)N([C@H](C)CO)C[C@H]2C)c1. The van der Waals surface area contributed by atoms with Gasteiger partial charge >= 0.3 is 6.03 Å². The summed E-state index contributed by atoms with van der Waals surface area (Å²) in [7, 11) is 3.25. The van der Waals surface area contributed by atoms with Gasteiger partial charge in [0.2, 0.25) is 5.88 Å². The molecule has 0 aliphatic carbocycles. The predicted molar refractivity (Wildman–Crippen MR) is 152 cm³/mol. The molecule has 0 unspecified atom stereocenters. The number of hydrogen-bond acceptors (Lipinski definition) is 6. The predicted octanol–water partition coefficient (Wildman–Crippen LogP) is 3.87. The van der Waals surface area contributed by atoms with Crippen LogP contribution in [0.3, 0.4) is 0 Å². The maximum absolute atomic E-state index is 13.6. The Morgan fingerprint density at radius 1 is 1.20 bits per heavy atom. The monoisotopic (exact) mass is 542 g/mol. The Labute approximate surface area is 234 Å². The van der Waals surface area contributed by atoms with Crippen LogP contribution in [-0.2, 0) is 0 Å². The minimum absolute atomic E-state index is 0.169. The molecule has 0 bridgehead atoms. The second-order valence-corrected chi connectivity index (χ2v) is 9.86. The topological polar surface area (TPSA) is 104 Å². The van der Waals surface area contributed by atoms with Crippen LogP contribution in [-0.4, -0.2) is 77.8 Å². The van der Waals surface area contributed by atoms with E-state index in [9.17, 15) is 14.7 Å². The standard InChI is InChI=1S/C31H34N4O5/c1-21-18-35(22(2)20-36)30(37)27-15-24(14-13-23-9-6-5-7-10-23)17-32-29(27)40-28(21)19-34(3)31(38)33-25-11-8-12-26(16-25)39-4/h5-12,15-17,21-22,28,36H,18-20H2,1-4H3,(H,33,38)/t21-,22-,28-/m1/s1. The number of aromatic nitrogens is 1. The highest BCUT2D eigenvalue weighted by Gasteiger charge is 2.34. The molecule has 1 aromatic heterocycles. The van der Waals surface area contributed by atoms with E-state index in [1.54, 1.807) is 62.5 Å². The summed E-state index contributed by atoms with van der Waals surface area (Å²) in [4.78, 5) is 34.2. The summed E-state index contributed by atoms with van der Waals surface area (Å²) in [6.45, 7) is 4.12. The average molecular weight is 543 g/mol. The number of rotatable bonds is 6. The highest BCUT2D eigenvalue weighted by Crippen LogP contribution is 2.27. The maximum atomic E-state index is 13.6. The number of likely N-dealkylation sites (N-methyl/N-ethyl adjacent to an activating group) is 1. The zero-order valence-electron chi connectivity index (χ0n) is 23.1. The molecule has 3 amide bonds.